The molecule has 1 aromatic carbocycles. The lowest BCUT2D eigenvalue weighted by Crippen LogP contribution is -2.00. The molecule has 2 N–H and O–H groups in total. The van der Waals surface area contributed by atoms with Crippen LogP contribution in [-0.4, -0.2) is 23.0 Å². The first-order chi connectivity index (χ1) is 9.52. The van der Waals surface area contributed by atoms with Crippen molar-refractivity contribution in [2.45, 2.75) is 13.3 Å². The molecule has 0 saturated carbocycles. The van der Waals surface area contributed by atoms with Crippen molar-refractivity contribution in [2.24, 2.45) is 7.05 Å². The average Bonchev–Trinajstić information content (AvgIpc) is 2.64. The zero-order chi connectivity index (χ0) is 14.7. The van der Waals surface area contributed by atoms with Crippen molar-refractivity contribution >= 4 is 5.82 Å². The van der Waals surface area contributed by atoms with Gasteiger partial charge < -0.3 is 10.5 Å². The van der Waals surface area contributed by atoms with Gasteiger partial charge in [-0.1, -0.05) is 0 Å². The Morgan fingerprint density at radius 3 is 2.50 bits per heavy atom. The molecule has 0 bridgehead atoms. The first kappa shape index (κ1) is 14.5. The van der Waals surface area contributed by atoms with Crippen LogP contribution in [-0.2, 0) is 18.2 Å². The maximum Gasteiger partial charge on any atom is 0.129 e. The standard InChI is InChI=1S/C14H17F2N3O/c1-3-20-5-4-12-13(14(17)19(2)18-12)9-6-10(15)8-11(16)7-9/h6-8H,3-5,17H2,1-2H3. The van der Waals surface area contributed by atoms with Crippen LogP contribution in [0.15, 0.2) is 18.2 Å². The normalized spacial score (nSPS) is 11.0. The van der Waals surface area contributed by atoms with Crippen LogP contribution in [0, 0.1) is 11.6 Å². The third-order valence-corrected chi connectivity index (χ3v) is 3.00. The minimum absolute atomic E-state index is 0.376. The molecule has 0 spiro atoms. The van der Waals surface area contributed by atoms with Gasteiger partial charge >= 0.3 is 0 Å². The van der Waals surface area contributed by atoms with Crippen LogP contribution < -0.4 is 5.73 Å². The largest absolute Gasteiger partial charge is 0.383 e. The van der Waals surface area contributed by atoms with E-state index in [4.69, 9.17) is 10.5 Å². The van der Waals surface area contributed by atoms with E-state index in [1.54, 1.807) is 7.05 Å². The SMILES string of the molecule is CCOCCc1nn(C)c(N)c1-c1cc(F)cc(F)c1. The lowest BCUT2D eigenvalue weighted by molar-refractivity contribution is 0.150. The molecule has 1 aromatic heterocycles. The highest BCUT2D eigenvalue weighted by Gasteiger charge is 2.17. The van der Waals surface area contributed by atoms with Crippen LogP contribution in [0.5, 0.6) is 0 Å². The fourth-order valence-corrected chi connectivity index (χ4v) is 2.10. The van der Waals surface area contributed by atoms with Crippen LogP contribution in [0.1, 0.15) is 12.6 Å². The Hall–Kier alpha value is -1.95. The van der Waals surface area contributed by atoms with Crippen molar-refractivity contribution in [2.75, 3.05) is 18.9 Å². The fourth-order valence-electron chi connectivity index (χ4n) is 2.10. The molecule has 0 aliphatic heterocycles. The summed E-state index contributed by atoms with van der Waals surface area (Å²) in [4.78, 5) is 0. The molecule has 0 fully saturated rings. The summed E-state index contributed by atoms with van der Waals surface area (Å²) < 4.78 is 33.5. The van der Waals surface area contributed by atoms with Crippen molar-refractivity contribution in [1.82, 2.24) is 9.78 Å². The van der Waals surface area contributed by atoms with Gasteiger partial charge in [0.1, 0.15) is 17.5 Å². The van der Waals surface area contributed by atoms with E-state index in [9.17, 15) is 8.78 Å². The van der Waals surface area contributed by atoms with Crippen molar-refractivity contribution in [3.8, 4) is 11.1 Å². The average molecular weight is 281 g/mol. The predicted octanol–water partition coefficient (Wildman–Crippen LogP) is 2.53. The molecular weight excluding hydrogens is 264 g/mol. The Kier molecular flexibility index (Phi) is 4.34. The van der Waals surface area contributed by atoms with Gasteiger partial charge in [-0.15, -0.1) is 0 Å². The Balaban J connectivity index is 2.43. The van der Waals surface area contributed by atoms with E-state index in [0.29, 0.717) is 42.3 Å². The van der Waals surface area contributed by atoms with Crippen molar-refractivity contribution < 1.29 is 13.5 Å². The fraction of sp³-hybridized carbons (Fsp3) is 0.357. The number of anilines is 1. The Bertz CT molecular complexity index is 590. The monoisotopic (exact) mass is 281 g/mol. The first-order valence-corrected chi connectivity index (χ1v) is 6.38. The number of rotatable bonds is 5. The van der Waals surface area contributed by atoms with Crippen LogP contribution in [0.2, 0.25) is 0 Å². The number of benzene rings is 1. The molecule has 108 valence electrons. The van der Waals surface area contributed by atoms with Crippen LogP contribution >= 0.6 is 0 Å². The highest BCUT2D eigenvalue weighted by Crippen LogP contribution is 2.30. The van der Waals surface area contributed by atoms with Crippen LogP contribution in [0.3, 0.4) is 0 Å². The number of nitrogen functional groups attached to an aromatic ring is 1. The Morgan fingerprint density at radius 2 is 1.90 bits per heavy atom. The quantitative estimate of drug-likeness (QED) is 0.857. The topological polar surface area (TPSA) is 53.1 Å². The van der Waals surface area contributed by atoms with Gasteiger partial charge in [0.25, 0.3) is 0 Å². The zero-order valence-electron chi connectivity index (χ0n) is 11.5. The van der Waals surface area contributed by atoms with Crippen molar-refractivity contribution in [1.29, 1.82) is 0 Å². The molecule has 2 rings (SSSR count). The van der Waals surface area contributed by atoms with E-state index >= 15 is 0 Å². The zero-order valence-corrected chi connectivity index (χ0v) is 11.5. The van der Waals surface area contributed by atoms with Gasteiger partial charge in [0.2, 0.25) is 0 Å². The van der Waals surface area contributed by atoms with Gasteiger partial charge in [-0.2, -0.15) is 5.10 Å². The van der Waals surface area contributed by atoms with Gasteiger partial charge in [0.15, 0.2) is 0 Å². The van der Waals surface area contributed by atoms with Gasteiger partial charge in [-0.3, -0.25) is 4.68 Å². The van der Waals surface area contributed by atoms with E-state index in [1.165, 1.54) is 16.8 Å². The summed E-state index contributed by atoms with van der Waals surface area (Å²) in [5, 5.41) is 4.28. The molecule has 0 radical (unpaired) electrons. The van der Waals surface area contributed by atoms with E-state index in [-0.39, 0.29) is 0 Å². The summed E-state index contributed by atoms with van der Waals surface area (Å²) in [6.07, 6.45) is 0.534. The summed E-state index contributed by atoms with van der Waals surface area (Å²) in [5.41, 5.74) is 7.57. The number of ether oxygens (including phenoxy) is 1. The van der Waals surface area contributed by atoms with Gasteiger partial charge in [0.05, 0.1) is 12.3 Å². The Labute approximate surface area is 116 Å². The number of nitrogens with zero attached hydrogens (tertiary/aromatic N) is 2. The summed E-state index contributed by atoms with van der Waals surface area (Å²) in [6, 6.07) is 3.33. The lowest BCUT2D eigenvalue weighted by atomic mass is 10.0. The third kappa shape index (κ3) is 2.96. The Morgan fingerprint density at radius 1 is 1.25 bits per heavy atom. The maximum atomic E-state index is 13.4. The van der Waals surface area contributed by atoms with Crippen LogP contribution in [0.4, 0.5) is 14.6 Å². The summed E-state index contributed by atoms with van der Waals surface area (Å²) in [7, 11) is 1.69. The van der Waals surface area contributed by atoms with Crippen molar-refractivity contribution in [3.63, 3.8) is 0 Å². The molecule has 4 nitrogen and oxygen atoms in total. The molecule has 0 aliphatic rings. The molecule has 0 amide bonds. The molecule has 2 aromatic rings. The maximum absolute atomic E-state index is 13.4. The van der Waals surface area contributed by atoms with Gasteiger partial charge in [0, 0.05) is 31.7 Å². The minimum atomic E-state index is -0.640. The predicted molar refractivity (Wildman–Crippen MR) is 73.2 cm³/mol. The van der Waals surface area contributed by atoms with E-state index in [0.717, 1.165) is 6.07 Å². The second kappa shape index (κ2) is 6.00. The number of hydrogen-bond donors (Lipinski definition) is 1. The molecule has 20 heavy (non-hydrogen) atoms. The van der Waals surface area contributed by atoms with Gasteiger partial charge in [-0.05, 0) is 24.6 Å². The van der Waals surface area contributed by atoms with E-state index < -0.39 is 11.6 Å². The van der Waals surface area contributed by atoms with E-state index in [1.807, 2.05) is 6.92 Å². The first-order valence-electron chi connectivity index (χ1n) is 6.38. The number of aryl methyl sites for hydroxylation is 1. The second-order valence-corrected chi connectivity index (χ2v) is 4.44. The molecule has 0 atom stereocenters. The molecular formula is C14H17F2N3O. The molecule has 0 unspecified atom stereocenters. The number of aromatic nitrogens is 2. The van der Waals surface area contributed by atoms with E-state index in [2.05, 4.69) is 5.10 Å². The molecule has 6 heteroatoms. The lowest BCUT2D eigenvalue weighted by Gasteiger charge is -2.05. The summed E-state index contributed by atoms with van der Waals surface area (Å²) >= 11 is 0. The number of nitrogens with two attached hydrogens (primary N) is 1. The second-order valence-electron chi connectivity index (χ2n) is 4.44. The number of hydrogen-bond acceptors (Lipinski definition) is 3. The summed E-state index contributed by atoms with van der Waals surface area (Å²) in [5.74, 6) is -0.903. The minimum Gasteiger partial charge on any atom is -0.383 e. The van der Waals surface area contributed by atoms with Crippen molar-refractivity contribution in [3.05, 3.63) is 35.5 Å². The highest BCUT2D eigenvalue weighted by molar-refractivity contribution is 5.76. The number of halogens is 2. The molecule has 0 aliphatic carbocycles. The third-order valence-electron chi connectivity index (χ3n) is 3.00. The molecule has 0 saturated heterocycles. The molecule has 1 heterocycles. The van der Waals surface area contributed by atoms with Gasteiger partial charge in [-0.25, -0.2) is 8.78 Å². The highest BCUT2D eigenvalue weighted by atomic mass is 19.1. The smallest absolute Gasteiger partial charge is 0.129 e. The summed E-state index contributed by atoms with van der Waals surface area (Å²) in [6.45, 7) is 2.99. The van der Waals surface area contributed by atoms with Crippen LogP contribution in [0.25, 0.3) is 11.1 Å².